The monoisotopic (exact) mass is 284 g/mol. The Bertz CT molecular complexity index is 451. The Kier molecular flexibility index (Phi) is 5.66. The zero-order chi connectivity index (χ0) is 14.6. The fourth-order valence-corrected chi connectivity index (χ4v) is 2.56. The first-order chi connectivity index (χ1) is 8.81. The molecule has 0 aromatic heterocycles. The molecule has 2 unspecified atom stereocenters. The van der Waals surface area contributed by atoms with E-state index in [0.29, 0.717) is 16.9 Å². The minimum Gasteiger partial charge on any atom is -0.397 e. The first-order valence-corrected chi connectivity index (χ1v) is 7.27. The lowest BCUT2D eigenvalue weighted by Crippen LogP contribution is -2.25. The normalized spacial score (nSPS) is 14.2. The number of amides is 1. The van der Waals surface area contributed by atoms with Crippen molar-refractivity contribution >= 4 is 29.0 Å². The van der Waals surface area contributed by atoms with Crippen molar-refractivity contribution in [3.05, 3.63) is 24.0 Å². The predicted molar refractivity (Wildman–Crippen MR) is 80.8 cm³/mol. The van der Waals surface area contributed by atoms with Crippen LogP contribution in [-0.4, -0.2) is 16.4 Å². The molecule has 0 aliphatic carbocycles. The van der Waals surface area contributed by atoms with Crippen molar-refractivity contribution in [1.82, 2.24) is 0 Å². The maximum absolute atomic E-state index is 12.9. The van der Waals surface area contributed by atoms with Crippen LogP contribution >= 0.6 is 11.8 Å². The van der Waals surface area contributed by atoms with Gasteiger partial charge < -0.3 is 11.1 Å². The zero-order valence-corrected chi connectivity index (χ0v) is 12.6. The Morgan fingerprint density at radius 2 is 1.95 bits per heavy atom. The van der Waals surface area contributed by atoms with E-state index in [1.54, 1.807) is 11.8 Å². The number of nitrogen functional groups attached to an aromatic ring is 1. The number of halogens is 1. The highest BCUT2D eigenvalue weighted by Gasteiger charge is 2.19. The molecule has 0 fully saturated rings. The smallest absolute Gasteiger partial charge is 0.237 e. The summed E-state index contributed by atoms with van der Waals surface area (Å²) >= 11 is 1.62. The highest BCUT2D eigenvalue weighted by molar-refractivity contribution is 8.01. The largest absolute Gasteiger partial charge is 0.397 e. The van der Waals surface area contributed by atoms with E-state index < -0.39 is 5.82 Å². The van der Waals surface area contributed by atoms with Crippen LogP contribution in [0.2, 0.25) is 0 Å². The first-order valence-electron chi connectivity index (χ1n) is 6.32. The van der Waals surface area contributed by atoms with Crippen LogP contribution in [-0.2, 0) is 4.79 Å². The third-order valence-corrected chi connectivity index (χ3v) is 4.59. The minimum absolute atomic E-state index is 0.115. The van der Waals surface area contributed by atoms with Crippen LogP contribution < -0.4 is 11.1 Å². The number of nitrogens with two attached hydrogens (primary N) is 1. The summed E-state index contributed by atoms with van der Waals surface area (Å²) in [6, 6.07) is 3.95. The van der Waals surface area contributed by atoms with Crippen molar-refractivity contribution in [3.8, 4) is 0 Å². The van der Waals surface area contributed by atoms with Gasteiger partial charge in [-0.3, -0.25) is 4.79 Å². The number of carbonyl (C=O) groups is 1. The molecular formula is C14H21FN2OS. The van der Waals surface area contributed by atoms with Crippen LogP contribution in [0.5, 0.6) is 0 Å². The van der Waals surface area contributed by atoms with E-state index >= 15 is 0 Å². The van der Waals surface area contributed by atoms with Gasteiger partial charge >= 0.3 is 0 Å². The van der Waals surface area contributed by atoms with Gasteiger partial charge in [-0.1, -0.05) is 20.8 Å². The highest BCUT2D eigenvalue weighted by Crippen LogP contribution is 2.25. The lowest BCUT2D eigenvalue weighted by atomic mass is 10.2. The third-order valence-electron chi connectivity index (χ3n) is 3.00. The van der Waals surface area contributed by atoms with Gasteiger partial charge in [0.05, 0.1) is 16.6 Å². The summed E-state index contributed by atoms with van der Waals surface area (Å²) in [6.45, 7) is 8.21. The van der Waals surface area contributed by atoms with E-state index in [1.165, 1.54) is 18.2 Å². The molecule has 0 aliphatic heterocycles. The Hall–Kier alpha value is -1.23. The number of hydrogen-bond acceptors (Lipinski definition) is 3. The summed E-state index contributed by atoms with van der Waals surface area (Å²) in [5.74, 6) is -0.0155. The van der Waals surface area contributed by atoms with Gasteiger partial charge in [0.15, 0.2) is 0 Å². The Labute approximate surface area is 118 Å². The molecule has 106 valence electrons. The number of carbonyl (C=O) groups excluding carboxylic acids is 1. The summed E-state index contributed by atoms with van der Waals surface area (Å²) in [7, 11) is 0. The molecule has 0 saturated heterocycles. The van der Waals surface area contributed by atoms with Crippen LogP contribution in [0.25, 0.3) is 0 Å². The standard InChI is InChI=1S/C14H21FN2OS/c1-8(2)9(3)19-10(4)14(18)17-13-6-5-11(15)7-12(13)16/h5-10H,16H2,1-4H3,(H,17,18). The first kappa shape index (κ1) is 15.8. The molecule has 0 bridgehead atoms. The van der Waals surface area contributed by atoms with E-state index in [-0.39, 0.29) is 16.8 Å². The molecule has 1 rings (SSSR count). The van der Waals surface area contributed by atoms with Crippen LogP contribution in [0.4, 0.5) is 15.8 Å². The number of benzene rings is 1. The van der Waals surface area contributed by atoms with Crippen LogP contribution in [0.1, 0.15) is 27.7 Å². The van der Waals surface area contributed by atoms with Crippen molar-refractivity contribution < 1.29 is 9.18 Å². The number of nitrogens with one attached hydrogen (secondary N) is 1. The SMILES string of the molecule is CC(SC(C)C(C)C)C(=O)Nc1ccc(F)cc1N. The van der Waals surface area contributed by atoms with E-state index in [0.717, 1.165) is 0 Å². The molecule has 5 heteroatoms. The maximum Gasteiger partial charge on any atom is 0.237 e. The molecule has 19 heavy (non-hydrogen) atoms. The van der Waals surface area contributed by atoms with Crippen LogP contribution in [0, 0.1) is 11.7 Å². The Balaban J connectivity index is 2.63. The van der Waals surface area contributed by atoms with Crippen molar-refractivity contribution in [3.63, 3.8) is 0 Å². The maximum atomic E-state index is 12.9. The molecule has 1 aromatic carbocycles. The van der Waals surface area contributed by atoms with Gasteiger partial charge in [-0.05, 0) is 31.0 Å². The summed E-state index contributed by atoms with van der Waals surface area (Å²) in [5.41, 5.74) is 6.35. The highest BCUT2D eigenvalue weighted by atomic mass is 32.2. The van der Waals surface area contributed by atoms with E-state index in [2.05, 4.69) is 26.1 Å². The number of hydrogen-bond donors (Lipinski definition) is 2. The van der Waals surface area contributed by atoms with Gasteiger partial charge in [0.1, 0.15) is 5.82 Å². The second-order valence-electron chi connectivity index (χ2n) is 4.95. The van der Waals surface area contributed by atoms with Gasteiger partial charge in [-0.15, -0.1) is 11.8 Å². The average molecular weight is 284 g/mol. The fourth-order valence-electron chi connectivity index (χ4n) is 1.42. The van der Waals surface area contributed by atoms with Crippen molar-refractivity contribution in [2.75, 3.05) is 11.1 Å². The lowest BCUT2D eigenvalue weighted by Gasteiger charge is -2.20. The van der Waals surface area contributed by atoms with Gasteiger partial charge in [0.25, 0.3) is 0 Å². The molecule has 0 heterocycles. The molecule has 0 saturated carbocycles. The van der Waals surface area contributed by atoms with Gasteiger partial charge in [0.2, 0.25) is 5.91 Å². The van der Waals surface area contributed by atoms with E-state index in [9.17, 15) is 9.18 Å². The molecular weight excluding hydrogens is 263 g/mol. The zero-order valence-electron chi connectivity index (χ0n) is 11.7. The topological polar surface area (TPSA) is 55.1 Å². The summed E-state index contributed by atoms with van der Waals surface area (Å²) < 4.78 is 12.9. The second kappa shape index (κ2) is 6.80. The van der Waals surface area contributed by atoms with E-state index in [4.69, 9.17) is 5.73 Å². The van der Waals surface area contributed by atoms with Gasteiger partial charge in [0, 0.05) is 5.25 Å². The fraction of sp³-hybridized carbons (Fsp3) is 0.500. The predicted octanol–water partition coefficient (Wildman–Crippen LogP) is 3.51. The Morgan fingerprint density at radius 1 is 1.32 bits per heavy atom. The average Bonchev–Trinajstić information content (AvgIpc) is 2.32. The van der Waals surface area contributed by atoms with Crippen molar-refractivity contribution in [2.45, 2.75) is 38.2 Å². The van der Waals surface area contributed by atoms with Crippen LogP contribution in [0.3, 0.4) is 0 Å². The minimum atomic E-state index is -0.411. The molecule has 0 aliphatic rings. The van der Waals surface area contributed by atoms with Crippen molar-refractivity contribution in [1.29, 1.82) is 0 Å². The third kappa shape index (κ3) is 4.74. The van der Waals surface area contributed by atoms with Crippen LogP contribution in [0.15, 0.2) is 18.2 Å². The molecule has 3 nitrogen and oxygen atoms in total. The summed E-state index contributed by atoms with van der Waals surface area (Å²) in [4.78, 5) is 12.0. The molecule has 1 aromatic rings. The molecule has 2 atom stereocenters. The summed E-state index contributed by atoms with van der Waals surface area (Å²) in [6.07, 6.45) is 0. The van der Waals surface area contributed by atoms with Gasteiger partial charge in [-0.2, -0.15) is 0 Å². The molecule has 1 amide bonds. The second-order valence-corrected chi connectivity index (χ2v) is 6.67. The molecule has 0 radical (unpaired) electrons. The number of thioether (sulfide) groups is 1. The summed E-state index contributed by atoms with van der Waals surface area (Å²) in [5, 5.41) is 2.95. The number of rotatable bonds is 5. The Morgan fingerprint density at radius 3 is 2.47 bits per heavy atom. The van der Waals surface area contributed by atoms with Gasteiger partial charge in [-0.25, -0.2) is 4.39 Å². The van der Waals surface area contributed by atoms with E-state index in [1.807, 2.05) is 6.92 Å². The molecule has 0 spiro atoms. The lowest BCUT2D eigenvalue weighted by molar-refractivity contribution is -0.115. The quantitative estimate of drug-likeness (QED) is 0.813. The molecule has 3 N–H and O–H groups in total. The number of anilines is 2. The van der Waals surface area contributed by atoms with Crippen molar-refractivity contribution in [2.24, 2.45) is 5.92 Å².